The molecule has 5 rings (SSSR count). The molecule has 0 spiro atoms. The topological polar surface area (TPSA) is 78.3 Å². The summed E-state index contributed by atoms with van der Waals surface area (Å²) in [5, 5.41) is 12.1. The van der Waals surface area contributed by atoms with Gasteiger partial charge in [-0.05, 0) is 51.0 Å². The Morgan fingerprint density at radius 3 is 2.90 bits per heavy atom. The fourth-order valence-electron chi connectivity index (χ4n) is 4.81. The number of pyridine rings is 1. The van der Waals surface area contributed by atoms with E-state index >= 15 is 0 Å². The summed E-state index contributed by atoms with van der Waals surface area (Å²) in [5.74, 6) is 0.769. The van der Waals surface area contributed by atoms with Gasteiger partial charge < -0.3 is 15.5 Å². The van der Waals surface area contributed by atoms with Gasteiger partial charge in [-0.15, -0.1) is 0 Å². The van der Waals surface area contributed by atoms with Crippen molar-refractivity contribution in [2.24, 2.45) is 7.05 Å². The van der Waals surface area contributed by atoms with Crippen LogP contribution in [0.2, 0.25) is 0 Å². The number of hydrogen-bond donors (Lipinski definition) is 2. The van der Waals surface area contributed by atoms with E-state index in [2.05, 4.69) is 45.5 Å². The molecular weight excluding hydrogens is 390 g/mol. The minimum Gasteiger partial charge on any atom is -0.368 e. The van der Waals surface area contributed by atoms with Crippen molar-refractivity contribution in [2.75, 3.05) is 41.3 Å². The number of piperazine rings is 1. The van der Waals surface area contributed by atoms with E-state index in [1.54, 1.807) is 9.58 Å². The first-order chi connectivity index (χ1) is 14.8. The highest BCUT2D eigenvalue weighted by Gasteiger charge is 2.32. The molecule has 8 heteroatoms. The monoisotopic (exact) mass is 419 g/mol. The first kappa shape index (κ1) is 19.8. The molecule has 0 atom stereocenters. The molecule has 3 aromatic rings. The zero-order valence-corrected chi connectivity index (χ0v) is 18.6. The van der Waals surface area contributed by atoms with Crippen LogP contribution in [-0.2, 0) is 13.5 Å². The van der Waals surface area contributed by atoms with Crippen molar-refractivity contribution in [1.82, 2.24) is 20.1 Å². The number of amides is 2. The molecule has 1 saturated heterocycles. The molecule has 0 radical (unpaired) electrons. The van der Waals surface area contributed by atoms with Crippen LogP contribution in [0, 0.1) is 6.92 Å². The van der Waals surface area contributed by atoms with Gasteiger partial charge in [0.2, 0.25) is 0 Å². The summed E-state index contributed by atoms with van der Waals surface area (Å²) in [7, 11) is 1.90. The highest BCUT2D eigenvalue weighted by Crippen LogP contribution is 2.35. The summed E-state index contributed by atoms with van der Waals surface area (Å²) in [4.78, 5) is 21.9. The lowest BCUT2D eigenvalue weighted by molar-refractivity contribution is 0.257. The van der Waals surface area contributed by atoms with Gasteiger partial charge in [-0.2, -0.15) is 5.10 Å². The van der Waals surface area contributed by atoms with Crippen molar-refractivity contribution < 1.29 is 4.79 Å². The fraction of sp³-hybridized carbons (Fsp3) is 0.435. The average Bonchev–Trinajstić information content (AvgIpc) is 3.30. The van der Waals surface area contributed by atoms with Crippen molar-refractivity contribution in [1.29, 1.82) is 0 Å². The minimum absolute atomic E-state index is 0.0624. The van der Waals surface area contributed by atoms with Crippen LogP contribution in [0.3, 0.4) is 0 Å². The van der Waals surface area contributed by atoms with Gasteiger partial charge in [-0.1, -0.05) is 0 Å². The maximum absolute atomic E-state index is 13.2. The van der Waals surface area contributed by atoms with Crippen LogP contribution in [0.5, 0.6) is 0 Å². The second kappa shape index (κ2) is 7.23. The molecule has 2 aromatic heterocycles. The molecule has 2 N–H and O–H groups in total. The third-order valence-corrected chi connectivity index (χ3v) is 6.17. The number of aromatic nitrogens is 3. The normalized spacial score (nSPS) is 17.8. The fourth-order valence-corrected chi connectivity index (χ4v) is 4.81. The summed E-state index contributed by atoms with van der Waals surface area (Å²) in [6, 6.07) is 5.88. The highest BCUT2D eigenvalue weighted by molar-refractivity contribution is 6.04. The molecule has 0 aliphatic carbocycles. The van der Waals surface area contributed by atoms with Gasteiger partial charge in [0, 0.05) is 73.5 Å². The summed E-state index contributed by atoms with van der Waals surface area (Å²) < 4.78 is 1.79. The van der Waals surface area contributed by atoms with Gasteiger partial charge in [-0.25, -0.2) is 9.78 Å². The van der Waals surface area contributed by atoms with Crippen molar-refractivity contribution in [3.8, 4) is 0 Å². The van der Waals surface area contributed by atoms with Crippen LogP contribution < -0.4 is 20.4 Å². The number of rotatable bonds is 2. The Hall–Kier alpha value is -3.13. The SMILES string of the molecule is Cc1cc(NC(=O)N2CCc3c(N4CCNC(C)(C)C4)ccnc32)cc2cn(C)nc12. The molecule has 0 bridgehead atoms. The van der Waals surface area contributed by atoms with Crippen LogP contribution >= 0.6 is 0 Å². The van der Waals surface area contributed by atoms with E-state index < -0.39 is 0 Å². The Kier molecular flexibility index (Phi) is 4.62. The Labute approximate surface area is 182 Å². The second-order valence-corrected chi connectivity index (χ2v) is 9.23. The zero-order valence-electron chi connectivity index (χ0n) is 18.6. The molecule has 1 aromatic carbocycles. The van der Waals surface area contributed by atoms with Gasteiger partial charge in [0.1, 0.15) is 5.82 Å². The predicted octanol–water partition coefficient (Wildman–Crippen LogP) is 3.06. The number of aryl methyl sites for hydroxylation is 2. The highest BCUT2D eigenvalue weighted by atomic mass is 16.2. The van der Waals surface area contributed by atoms with Crippen molar-refractivity contribution in [3.63, 3.8) is 0 Å². The number of hydrogen-bond acceptors (Lipinski definition) is 5. The van der Waals surface area contributed by atoms with Crippen LogP contribution in [-0.4, -0.2) is 52.5 Å². The van der Waals surface area contributed by atoms with E-state index in [4.69, 9.17) is 0 Å². The van der Waals surface area contributed by atoms with Crippen LogP contribution in [0.4, 0.5) is 22.0 Å². The third kappa shape index (κ3) is 3.61. The minimum atomic E-state index is -0.147. The average molecular weight is 420 g/mol. The van der Waals surface area contributed by atoms with E-state index in [9.17, 15) is 4.79 Å². The summed E-state index contributed by atoms with van der Waals surface area (Å²) in [5.41, 5.74) is 5.19. The van der Waals surface area contributed by atoms with E-state index in [1.807, 2.05) is 38.5 Å². The summed E-state index contributed by atoms with van der Waals surface area (Å²) in [6.07, 6.45) is 4.60. The Balaban J connectivity index is 1.39. The molecule has 8 nitrogen and oxygen atoms in total. The lowest BCUT2D eigenvalue weighted by Gasteiger charge is -2.41. The predicted molar refractivity (Wildman–Crippen MR) is 124 cm³/mol. The zero-order chi connectivity index (χ0) is 21.8. The van der Waals surface area contributed by atoms with Gasteiger partial charge in [0.15, 0.2) is 0 Å². The molecule has 0 unspecified atom stereocenters. The number of carbonyl (C=O) groups excluding carboxylic acids is 1. The number of nitrogens with one attached hydrogen (secondary N) is 2. The van der Waals surface area contributed by atoms with Crippen LogP contribution in [0.1, 0.15) is 25.0 Å². The number of nitrogens with zero attached hydrogens (tertiary/aromatic N) is 5. The number of urea groups is 1. The Morgan fingerprint density at radius 2 is 2.10 bits per heavy atom. The van der Waals surface area contributed by atoms with Crippen LogP contribution in [0.25, 0.3) is 10.9 Å². The molecule has 2 aliphatic rings. The molecule has 1 fully saturated rings. The third-order valence-electron chi connectivity index (χ3n) is 6.17. The van der Waals surface area contributed by atoms with E-state index in [-0.39, 0.29) is 11.6 Å². The number of carbonyl (C=O) groups is 1. The van der Waals surface area contributed by atoms with Crippen molar-refractivity contribution in [3.05, 3.63) is 41.7 Å². The number of fused-ring (bicyclic) bond motifs is 2. The summed E-state index contributed by atoms with van der Waals surface area (Å²) >= 11 is 0. The molecule has 2 amide bonds. The quantitative estimate of drug-likeness (QED) is 0.668. The molecule has 4 heterocycles. The van der Waals surface area contributed by atoms with Gasteiger partial charge in [0.05, 0.1) is 5.52 Å². The summed E-state index contributed by atoms with van der Waals surface area (Å²) in [6.45, 7) is 9.93. The van der Waals surface area contributed by atoms with Crippen molar-refractivity contribution in [2.45, 2.75) is 32.7 Å². The van der Waals surface area contributed by atoms with Crippen molar-refractivity contribution >= 4 is 34.1 Å². The number of benzene rings is 1. The van der Waals surface area contributed by atoms with Crippen LogP contribution in [0.15, 0.2) is 30.6 Å². The molecular formula is C23H29N7O. The molecule has 0 saturated carbocycles. The standard InChI is InChI=1S/C23H29N7O/c1-15-11-17(12-16-13-28(4)27-20(15)16)26-22(31)30-9-6-18-19(5-7-24-21(18)30)29-10-8-25-23(2,3)14-29/h5,7,11-13,25H,6,8-10,14H2,1-4H3,(H,26,31). The smallest absolute Gasteiger partial charge is 0.327 e. The first-order valence-electron chi connectivity index (χ1n) is 10.8. The van der Waals surface area contributed by atoms with Gasteiger partial charge >= 0.3 is 6.03 Å². The van der Waals surface area contributed by atoms with E-state index in [1.165, 1.54) is 5.69 Å². The Bertz CT molecular complexity index is 1170. The lowest BCUT2D eigenvalue weighted by atomic mass is 10.0. The van der Waals surface area contributed by atoms with Gasteiger partial charge in [0.25, 0.3) is 0 Å². The van der Waals surface area contributed by atoms with Gasteiger partial charge in [-0.3, -0.25) is 9.58 Å². The molecule has 31 heavy (non-hydrogen) atoms. The molecule has 162 valence electrons. The molecule has 2 aliphatic heterocycles. The van der Waals surface area contributed by atoms with E-state index in [0.29, 0.717) is 6.54 Å². The number of anilines is 3. The largest absolute Gasteiger partial charge is 0.368 e. The first-order valence-corrected chi connectivity index (χ1v) is 10.8. The lowest BCUT2D eigenvalue weighted by Crippen LogP contribution is -2.57. The second-order valence-electron chi connectivity index (χ2n) is 9.23. The maximum Gasteiger partial charge on any atom is 0.327 e. The van der Waals surface area contributed by atoms with E-state index in [0.717, 1.165) is 59.6 Å². The maximum atomic E-state index is 13.2. The Morgan fingerprint density at radius 1 is 1.26 bits per heavy atom.